The Morgan fingerprint density at radius 3 is 1.75 bits per heavy atom. The summed E-state index contributed by atoms with van der Waals surface area (Å²) in [6, 6.07) is 0. The summed E-state index contributed by atoms with van der Waals surface area (Å²) in [6.45, 7) is 1.20. The Morgan fingerprint density at radius 1 is 1.38 bits per heavy atom. The number of carbonyl (C=O) groups excluding carboxylic acids is 2. The molecule has 0 atom stereocenters. The number of rotatable bonds is 2. The van der Waals surface area contributed by atoms with Gasteiger partial charge in [-0.3, -0.25) is 9.59 Å². The minimum atomic E-state index is -0.757. The predicted molar refractivity (Wildman–Crippen MR) is 37.4 cm³/mol. The molecule has 4 heteroatoms. The van der Waals surface area contributed by atoms with Crippen LogP contribution in [0.2, 0.25) is 0 Å². The van der Waals surface area contributed by atoms with E-state index in [-0.39, 0.29) is 0 Å². The minimum Gasteiger partial charge on any atom is -0.291 e. The molecule has 0 radical (unpaired) electrons. The van der Waals surface area contributed by atoms with Gasteiger partial charge in [0.2, 0.25) is 5.78 Å². The van der Waals surface area contributed by atoms with Crippen molar-refractivity contribution in [2.75, 3.05) is 0 Å². The van der Waals surface area contributed by atoms with Crippen molar-refractivity contribution in [3.05, 3.63) is 0 Å². The second-order valence-corrected chi connectivity index (χ2v) is 2.73. The van der Waals surface area contributed by atoms with Gasteiger partial charge in [-0.15, -0.1) is 0 Å². The molecule has 0 rings (SSSR count). The Labute approximate surface area is 58.5 Å². The van der Waals surface area contributed by atoms with E-state index in [0.29, 0.717) is 0 Å². The quantitative estimate of drug-likeness (QED) is 0.338. The van der Waals surface area contributed by atoms with Crippen LogP contribution in [0.4, 0.5) is 0 Å². The van der Waals surface area contributed by atoms with E-state index in [1.165, 1.54) is 6.92 Å². The van der Waals surface area contributed by atoms with E-state index in [1.807, 2.05) is 0 Å². The van der Waals surface area contributed by atoms with E-state index >= 15 is 0 Å². The van der Waals surface area contributed by atoms with Gasteiger partial charge in [0, 0.05) is 6.92 Å². The summed E-state index contributed by atoms with van der Waals surface area (Å²) in [5, 5.41) is 0. The summed E-state index contributed by atoms with van der Waals surface area (Å²) in [5.41, 5.74) is 0. The third-order valence-electron chi connectivity index (χ3n) is 0.582. The predicted octanol–water partition coefficient (Wildman–Crippen LogP) is 0.330. The maximum absolute atomic E-state index is 10.3. The fourth-order valence-corrected chi connectivity index (χ4v) is 0.545. The zero-order chi connectivity index (χ0) is 6.73. The lowest BCUT2D eigenvalue weighted by Gasteiger charge is -1.93. The zero-order valence-corrected chi connectivity index (χ0v) is 6.08. The smallest absolute Gasteiger partial charge is 0.220 e. The van der Waals surface area contributed by atoms with Crippen LogP contribution >= 0.6 is 25.3 Å². The Balaban J connectivity index is 3.84. The minimum absolute atomic E-state index is 0.500. The fourth-order valence-electron chi connectivity index (χ4n) is 0.182. The molecule has 0 unspecified atom stereocenters. The van der Waals surface area contributed by atoms with Crippen LogP contribution in [0.15, 0.2) is 0 Å². The SMILES string of the molecule is CC(=O)C(=O)C(S)S. The van der Waals surface area contributed by atoms with Gasteiger partial charge in [-0.1, -0.05) is 0 Å². The van der Waals surface area contributed by atoms with E-state index in [4.69, 9.17) is 0 Å². The number of ketones is 2. The van der Waals surface area contributed by atoms with Crippen molar-refractivity contribution < 1.29 is 9.59 Å². The first kappa shape index (κ1) is 8.04. The van der Waals surface area contributed by atoms with Gasteiger partial charge in [-0.25, -0.2) is 0 Å². The van der Waals surface area contributed by atoms with Crippen molar-refractivity contribution in [2.24, 2.45) is 0 Å². The molecule has 0 spiro atoms. The molecule has 0 aliphatic heterocycles. The molecule has 0 amide bonds. The van der Waals surface area contributed by atoms with E-state index in [2.05, 4.69) is 25.3 Å². The molecule has 0 N–H and O–H groups in total. The highest BCUT2D eigenvalue weighted by atomic mass is 32.2. The van der Waals surface area contributed by atoms with Crippen LogP contribution < -0.4 is 0 Å². The van der Waals surface area contributed by atoms with Gasteiger partial charge in [-0.2, -0.15) is 25.3 Å². The normalized spacial score (nSPS) is 9.50. The van der Waals surface area contributed by atoms with Gasteiger partial charge in [0.1, 0.15) is 4.58 Å². The van der Waals surface area contributed by atoms with Gasteiger partial charge in [0.15, 0.2) is 5.78 Å². The molecule has 0 heterocycles. The number of hydrogen-bond donors (Lipinski definition) is 2. The average Bonchev–Trinajstić information content (AvgIpc) is 1.64. The first-order valence-corrected chi connectivity index (χ1v) is 3.00. The van der Waals surface area contributed by atoms with Gasteiger partial charge >= 0.3 is 0 Å². The fraction of sp³-hybridized carbons (Fsp3) is 0.500. The van der Waals surface area contributed by atoms with Crippen molar-refractivity contribution in [1.29, 1.82) is 0 Å². The third kappa shape index (κ3) is 2.37. The molecule has 0 aliphatic carbocycles. The number of thiol groups is 2. The van der Waals surface area contributed by atoms with E-state index in [9.17, 15) is 9.59 Å². The van der Waals surface area contributed by atoms with Gasteiger partial charge in [-0.05, 0) is 0 Å². The average molecular weight is 150 g/mol. The molecule has 8 heavy (non-hydrogen) atoms. The van der Waals surface area contributed by atoms with Crippen molar-refractivity contribution in [3.8, 4) is 0 Å². The molecule has 0 fully saturated rings. The van der Waals surface area contributed by atoms with E-state index in [1.54, 1.807) is 0 Å². The molecule has 0 bridgehead atoms. The lowest BCUT2D eigenvalue weighted by atomic mass is 10.3. The summed E-state index contributed by atoms with van der Waals surface area (Å²) in [6.07, 6.45) is 0. The Kier molecular flexibility index (Phi) is 3.16. The molecule has 0 aromatic heterocycles. The third-order valence-corrected chi connectivity index (χ3v) is 1.05. The lowest BCUT2D eigenvalue weighted by molar-refractivity contribution is -0.134. The zero-order valence-electron chi connectivity index (χ0n) is 4.29. The molecular weight excluding hydrogens is 144 g/mol. The highest BCUT2D eigenvalue weighted by molar-refractivity contribution is 8.00. The van der Waals surface area contributed by atoms with Gasteiger partial charge in [0.05, 0.1) is 0 Å². The van der Waals surface area contributed by atoms with Crippen molar-refractivity contribution in [2.45, 2.75) is 11.5 Å². The summed E-state index contributed by atoms with van der Waals surface area (Å²) in [7, 11) is 0. The molecular formula is C4H6O2S2. The van der Waals surface area contributed by atoms with Crippen molar-refractivity contribution in [3.63, 3.8) is 0 Å². The largest absolute Gasteiger partial charge is 0.291 e. The van der Waals surface area contributed by atoms with Crippen LogP contribution in [0, 0.1) is 0 Å². The topological polar surface area (TPSA) is 34.1 Å². The highest BCUT2D eigenvalue weighted by Gasteiger charge is 2.12. The monoisotopic (exact) mass is 150 g/mol. The van der Waals surface area contributed by atoms with Gasteiger partial charge in [0.25, 0.3) is 0 Å². The summed E-state index contributed by atoms with van der Waals surface area (Å²) < 4.78 is -0.757. The molecule has 0 aromatic carbocycles. The second-order valence-electron chi connectivity index (χ2n) is 1.29. The number of hydrogen-bond acceptors (Lipinski definition) is 4. The molecule has 46 valence electrons. The summed E-state index contributed by atoms with van der Waals surface area (Å²) >= 11 is 7.25. The number of Topliss-reactive ketones (excluding diaryl/α,β-unsaturated/α-hetero) is 2. The van der Waals surface area contributed by atoms with Crippen molar-refractivity contribution in [1.82, 2.24) is 0 Å². The first-order chi connectivity index (χ1) is 3.55. The lowest BCUT2D eigenvalue weighted by Crippen LogP contribution is -2.16. The van der Waals surface area contributed by atoms with Crippen LogP contribution in [0.25, 0.3) is 0 Å². The maximum Gasteiger partial charge on any atom is 0.220 e. The number of carbonyl (C=O) groups is 2. The Morgan fingerprint density at radius 2 is 1.75 bits per heavy atom. The van der Waals surface area contributed by atoms with Crippen LogP contribution in [0.1, 0.15) is 6.92 Å². The van der Waals surface area contributed by atoms with Crippen LogP contribution in [0.3, 0.4) is 0 Å². The standard InChI is InChI=1S/C4H6O2S2/c1-2(5)3(6)4(7)8/h4,7-8H,1H3. The van der Waals surface area contributed by atoms with Gasteiger partial charge < -0.3 is 0 Å². The molecule has 0 aliphatic rings. The molecule has 0 saturated heterocycles. The Hall–Kier alpha value is 0.0400. The maximum atomic E-state index is 10.3. The molecule has 0 saturated carbocycles. The summed E-state index contributed by atoms with van der Waals surface area (Å²) in [5.74, 6) is -1.06. The highest BCUT2D eigenvalue weighted by Crippen LogP contribution is 2.00. The van der Waals surface area contributed by atoms with Crippen molar-refractivity contribution >= 4 is 36.8 Å². The summed E-state index contributed by atoms with van der Waals surface area (Å²) in [4.78, 5) is 20.5. The van der Waals surface area contributed by atoms with Crippen LogP contribution in [-0.4, -0.2) is 16.1 Å². The van der Waals surface area contributed by atoms with Crippen LogP contribution in [-0.2, 0) is 9.59 Å². The van der Waals surface area contributed by atoms with E-state index in [0.717, 1.165) is 0 Å². The first-order valence-electron chi connectivity index (χ1n) is 1.96. The van der Waals surface area contributed by atoms with Crippen LogP contribution in [0.5, 0.6) is 0 Å². The van der Waals surface area contributed by atoms with E-state index < -0.39 is 16.1 Å². The molecule has 0 aromatic rings. The molecule has 2 nitrogen and oxygen atoms in total. The Bertz CT molecular complexity index is 119. The second kappa shape index (κ2) is 3.14.